The Bertz CT molecular complexity index is 519. The summed E-state index contributed by atoms with van der Waals surface area (Å²) in [6.07, 6.45) is 1.86. The first-order chi connectivity index (χ1) is 8.77. The Morgan fingerprint density at radius 3 is 2.89 bits per heavy atom. The number of fused-ring (bicyclic) bond motifs is 1. The number of nitrogens with two attached hydrogens (primary N) is 2. The van der Waals surface area contributed by atoms with Crippen LogP contribution in [0.25, 0.3) is 5.57 Å². The van der Waals surface area contributed by atoms with E-state index in [2.05, 4.69) is 0 Å². The molecule has 0 saturated carbocycles. The summed E-state index contributed by atoms with van der Waals surface area (Å²) < 4.78 is 5.26. The third-order valence-corrected chi connectivity index (χ3v) is 3.36. The normalized spacial score (nSPS) is 18.4. The lowest BCUT2D eigenvalue weighted by Gasteiger charge is -2.26. The number of rotatable bonds is 1. The van der Waals surface area contributed by atoms with Crippen LogP contribution in [0.3, 0.4) is 0 Å². The van der Waals surface area contributed by atoms with Crippen LogP contribution in [0.4, 0.5) is 11.4 Å². The number of carbonyl (C=O) groups is 1. The van der Waals surface area contributed by atoms with Gasteiger partial charge in [-0.1, -0.05) is 6.07 Å². The van der Waals surface area contributed by atoms with Crippen LogP contribution >= 0.6 is 0 Å². The molecular formula is C13H16N3O2+. The zero-order valence-corrected chi connectivity index (χ0v) is 10.1. The van der Waals surface area contributed by atoms with Gasteiger partial charge in [-0.25, -0.2) is 0 Å². The SMILES string of the molecule is Nc1cccc2c1C(C(=O)N1CCOCC1)=C[NH2+]2. The largest absolute Gasteiger partial charge is 0.398 e. The smallest absolute Gasteiger partial charge is 0.260 e. The summed E-state index contributed by atoms with van der Waals surface area (Å²) in [7, 11) is 0. The van der Waals surface area contributed by atoms with E-state index in [9.17, 15) is 4.79 Å². The van der Waals surface area contributed by atoms with Crippen molar-refractivity contribution in [2.24, 2.45) is 0 Å². The number of hydrogen-bond donors (Lipinski definition) is 2. The summed E-state index contributed by atoms with van der Waals surface area (Å²) in [6, 6.07) is 5.71. The van der Waals surface area contributed by atoms with E-state index in [1.807, 2.05) is 34.6 Å². The highest BCUT2D eigenvalue weighted by Crippen LogP contribution is 2.30. The van der Waals surface area contributed by atoms with E-state index in [1.54, 1.807) is 0 Å². The van der Waals surface area contributed by atoms with Crippen LogP contribution in [-0.2, 0) is 9.53 Å². The van der Waals surface area contributed by atoms with E-state index in [0.29, 0.717) is 37.6 Å². The van der Waals surface area contributed by atoms with Crippen LogP contribution in [0.15, 0.2) is 24.4 Å². The third-order valence-electron chi connectivity index (χ3n) is 3.36. The molecule has 0 aliphatic carbocycles. The number of nitrogens with zero attached hydrogens (tertiary/aromatic N) is 1. The number of morpholine rings is 1. The van der Waals surface area contributed by atoms with Crippen LogP contribution in [0, 0.1) is 0 Å². The molecule has 2 aliphatic rings. The topological polar surface area (TPSA) is 72.2 Å². The predicted molar refractivity (Wildman–Crippen MR) is 67.8 cm³/mol. The number of anilines is 1. The van der Waals surface area contributed by atoms with Crippen molar-refractivity contribution in [3.63, 3.8) is 0 Å². The first-order valence-corrected chi connectivity index (χ1v) is 6.08. The second-order valence-electron chi connectivity index (χ2n) is 4.46. The molecule has 0 unspecified atom stereocenters. The summed E-state index contributed by atoms with van der Waals surface area (Å²) in [5.41, 5.74) is 9.22. The average Bonchev–Trinajstić information content (AvgIpc) is 2.84. The standard InChI is InChI=1S/C13H15N3O2/c14-10-2-1-3-11-12(10)9(8-15-11)13(17)16-4-6-18-7-5-16/h1-3,8,15H,4-7,14H2/p+1. The fourth-order valence-corrected chi connectivity index (χ4v) is 2.41. The van der Waals surface area contributed by atoms with Gasteiger partial charge in [-0.05, 0) is 6.07 Å². The van der Waals surface area contributed by atoms with Gasteiger partial charge in [0.2, 0.25) is 0 Å². The number of benzene rings is 1. The molecule has 3 rings (SSSR count). The molecule has 2 aliphatic heterocycles. The number of ether oxygens (including phenoxy) is 1. The molecule has 2 heterocycles. The minimum atomic E-state index is 0.0474. The molecule has 0 radical (unpaired) electrons. The molecule has 0 bridgehead atoms. The van der Waals surface area contributed by atoms with Crippen molar-refractivity contribution in [1.82, 2.24) is 4.90 Å². The van der Waals surface area contributed by atoms with Crippen LogP contribution in [0.1, 0.15) is 5.56 Å². The number of amides is 1. The fourth-order valence-electron chi connectivity index (χ4n) is 2.41. The lowest BCUT2D eigenvalue weighted by atomic mass is 10.0. The summed E-state index contributed by atoms with van der Waals surface area (Å²) in [6.45, 7) is 2.52. The van der Waals surface area contributed by atoms with Crippen molar-refractivity contribution in [2.45, 2.75) is 0 Å². The summed E-state index contributed by atoms with van der Waals surface area (Å²) in [5.74, 6) is 0.0474. The maximum atomic E-state index is 12.4. The van der Waals surface area contributed by atoms with Gasteiger partial charge in [0.15, 0.2) is 0 Å². The first kappa shape index (κ1) is 11.3. The van der Waals surface area contributed by atoms with Gasteiger partial charge >= 0.3 is 0 Å². The second-order valence-corrected chi connectivity index (χ2v) is 4.46. The summed E-state index contributed by atoms with van der Waals surface area (Å²) >= 11 is 0. The third kappa shape index (κ3) is 1.77. The Labute approximate surface area is 105 Å². The van der Waals surface area contributed by atoms with Crippen molar-refractivity contribution in [3.8, 4) is 0 Å². The van der Waals surface area contributed by atoms with Crippen LogP contribution < -0.4 is 11.1 Å². The van der Waals surface area contributed by atoms with Gasteiger partial charge in [-0.2, -0.15) is 0 Å². The summed E-state index contributed by atoms with van der Waals surface area (Å²) in [5, 5.41) is 1.94. The van der Waals surface area contributed by atoms with Crippen molar-refractivity contribution < 1.29 is 14.8 Å². The van der Waals surface area contributed by atoms with Gasteiger partial charge in [0, 0.05) is 24.8 Å². The van der Waals surface area contributed by atoms with E-state index in [-0.39, 0.29) is 5.91 Å². The lowest BCUT2D eigenvalue weighted by molar-refractivity contribution is -0.491. The van der Waals surface area contributed by atoms with Gasteiger partial charge < -0.3 is 15.4 Å². The van der Waals surface area contributed by atoms with Crippen LogP contribution in [-0.4, -0.2) is 37.1 Å². The van der Waals surface area contributed by atoms with Crippen molar-refractivity contribution in [2.75, 3.05) is 32.0 Å². The van der Waals surface area contributed by atoms with E-state index in [0.717, 1.165) is 11.3 Å². The molecule has 94 valence electrons. The minimum absolute atomic E-state index is 0.0474. The second kappa shape index (κ2) is 4.44. The lowest BCUT2D eigenvalue weighted by Crippen LogP contribution is -2.69. The minimum Gasteiger partial charge on any atom is -0.398 e. The van der Waals surface area contributed by atoms with Gasteiger partial charge in [0.05, 0.1) is 18.8 Å². The highest BCUT2D eigenvalue weighted by Gasteiger charge is 2.30. The van der Waals surface area contributed by atoms with Gasteiger partial charge in [-0.3, -0.25) is 10.1 Å². The van der Waals surface area contributed by atoms with Gasteiger partial charge in [-0.15, -0.1) is 0 Å². The zero-order chi connectivity index (χ0) is 12.5. The summed E-state index contributed by atoms with van der Waals surface area (Å²) in [4.78, 5) is 14.3. The Hall–Kier alpha value is -1.85. The van der Waals surface area contributed by atoms with Crippen LogP contribution in [0.2, 0.25) is 0 Å². The highest BCUT2D eigenvalue weighted by atomic mass is 16.5. The molecule has 5 nitrogen and oxygen atoms in total. The molecule has 0 atom stereocenters. The van der Waals surface area contributed by atoms with E-state index in [1.165, 1.54) is 0 Å². The number of hydrogen-bond acceptors (Lipinski definition) is 3. The zero-order valence-electron chi connectivity index (χ0n) is 10.1. The Kier molecular flexibility index (Phi) is 2.77. The van der Waals surface area contributed by atoms with Crippen LogP contribution in [0.5, 0.6) is 0 Å². The van der Waals surface area contributed by atoms with Crippen molar-refractivity contribution >= 4 is 22.9 Å². The van der Waals surface area contributed by atoms with Crippen molar-refractivity contribution in [3.05, 3.63) is 30.0 Å². The molecule has 1 aromatic carbocycles. The molecule has 0 spiro atoms. The quantitative estimate of drug-likeness (QED) is 0.667. The maximum absolute atomic E-state index is 12.4. The number of quaternary nitrogens is 1. The molecule has 18 heavy (non-hydrogen) atoms. The monoisotopic (exact) mass is 246 g/mol. The van der Waals surface area contributed by atoms with Gasteiger partial charge in [0.1, 0.15) is 17.5 Å². The molecule has 1 fully saturated rings. The Morgan fingerprint density at radius 2 is 2.11 bits per heavy atom. The highest BCUT2D eigenvalue weighted by molar-refractivity contribution is 6.22. The Morgan fingerprint density at radius 1 is 1.33 bits per heavy atom. The average molecular weight is 246 g/mol. The van der Waals surface area contributed by atoms with Crippen molar-refractivity contribution in [1.29, 1.82) is 0 Å². The number of nitrogen functional groups attached to an aromatic ring is 1. The molecule has 1 amide bonds. The molecule has 1 aromatic rings. The molecule has 0 aromatic heterocycles. The maximum Gasteiger partial charge on any atom is 0.260 e. The molecule has 1 saturated heterocycles. The van der Waals surface area contributed by atoms with E-state index in [4.69, 9.17) is 10.5 Å². The molecular weight excluding hydrogens is 230 g/mol. The van der Waals surface area contributed by atoms with Gasteiger partial charge in [0.25, 0.3) is 5.91 Å². The molecule has 5 heteroatoms. The van der Waals surface area contributed by atoms with E-state index < -0.39 is 0 Å². The predicted octanol–water partition coefficient (Wildman–Crippen LogP) is -0.323. The Balaban J connectivity index is 1.89. The molecule has 4 N–H and O–H groups in total. The van der Waals surface area contributed by atoms with E-state index >= 15 is 0 Å². The first-order valence-electron chi connectivity index (χ1n) is 6.08. The fraction of sp³-hybridized carbons (Fsp3) is 0.308. The number of carbonyl (C=O) groups excluding carboxylic acids is 1.